The van der Waals surface area contributed by atoms with E-state index in [0.29, 0.717) is 29.2 Å². The molecule has 0 saturated carbocycles. The highest BCUT2D eigenvalue weighted by molar-refractivity contribution is 6.30. The van der Waals surface area contributed by atoms with Crippen molar-refractivity contribution in [1.29, 1.82) is 0 Å². The van der Waals surface area contributed by atoms with Crippen LogP contribution in [0.25, 0.3) is 5.69 Å². The fraction of sp³-hybridized carbons (Fsp3) is 0.182. The lowest BCUT2D eigenvalue weighted by molar-refractivity contribution is 0.526. The molecule has 1 aromatic carbocycles. The minimum absolute atomic E-state index is 0.368. The van der Waals surface area contributed by atoms with Crippen LogP contribution in [0.3, 0.4) is 0 Å². The first-order valence-electron chi connectivity index (χ1n) is 4.91. The van der Waals surface area contributed by atoms with Gasteiger partial charge >= 0.3 is 0 Å². The minimum Gasteiger partial charge on any atom is -0.330 e. The van der Waals surface area contributed by atoms with Gasteiger partial charge in [-0.2, -0.15) is 9.49 Å². The summed E-state index contributed by atoms with van der Waals surface area (Å²) in [4.78, 5) is 0. The zero-order valence-corrected chi connectivity index (χ0v) is 9.28. The maximum Gasteiger partial charge on any atom is 0.219 e. The number of aromatic nitrogens is 2. The van der Waals surface area contributed by atoms with Gasteiger partial charge in [-0.3, -0.25) is 0 Å². The van der Waals surface area contributed by atoms with Gasteiger partial charge < -0.3 is 5.73 Å². The van der Waals surface area contributed by atoms with Gasteiger partial charge in [0.05, 0.1) is 11.9 Å². The molecule has 0 bridgehead atoms. The van der Waals surface area contributed by atoms with Gasteiger partial charge in [0.25, 0.3) is 0 Å². The zero-order chi connectivity index (χ0) is 11.5. The van der Waals surface area contributed by atoms with E-state index in [1.54, 1.807) is 24.3 Å². The lowest BCUT2D eigenvalue weighted by Crippen LogP contribution is -2.05. The highest BCUT2D eigenvalue weighted by Gasteiger charge is 2.10. The third-order valence-corrected chi connectivity index (χ3v) is 2.52. The van der Waals surface area contributed by atoms with Crippen LogP contribution in [0.2, 0.25) is 5.02 Å². The predicted molar refractivity (Wildman–Crippen MR) is 61.3 cm³/mol. The second-order valence-corrected chi connectivity index (χ2v) is 3.82. The SMILES string of the molecule is NCCc1cnn(-c2ccc(Cl)cc2)c1F. The molecule has 1 heterocycles. The Labute approximate surface area is 97.6 Å². The largest absolute Gasteiger partial charge is 0.330 e. The van der Waals surface area contributed by atoms with E-state index >= 15 is 0 Å². The van der Waals surface area contributed by atoms with Crippen LogP contribution in [0.4, 0.5) is 4.39 Å². The van der Waals surface area contributed by atoms with Crippen LogP contribution in [-0.2, 0) is 6.42 Å². The number of benzene rings is 1. The molecule has 0 aliphatic carbocycles. The van der Waals surface area contributed by atoms with Gasteiger partial charge in [-0.25, -0.2) is 4.68 Å². The number of nitrogens with two attached hydrogens (primary N) is 1. The molecule has 2 N–H and O–H groups in total. The molecule has 5 heteroatoms. The maximum atomic E-state index is 13.8. The minimum atomic E-state index is -0.368. The van der Waals surface area contributed by atoms with Gasteiger partial charge in [0.2, 0.25) is 5.95 Å². The lowest BCUT2D eigenvalue weighted by Gasteiger charge is -2.02. The van der Waals surface area contributed by atoms with Crippen molar-refractivity contribution in [1.82, 2.24) is 9.78 Å². The summed E-state index contributed by atoms with van der Waals surface area (Å²) in [5.41, 5.74) is 6.55. The summed E-state index contributed by atoms with van der Waals surface area (Å²) >= 11 is 5.75. The first-order valence-corrected chi connectivity index (χ1v) is 5.28. The number of nitrogens with zero attached hydrogens (tertiary/aromatic N) is 2. The second kappa shape index (κ2) is 4.63. The van der Waals surface area contributed by atoms with Crippen LogP contribution in [-0.4, -0.2) is 16.3 Å². The van der Waals surface area contributed by atoms with Crippen LogP contribution >= 0.6 is 11.6 Å². The van der Waals surface area contributed by atoms with Crippen LogP contribution in [0.1, 0.15) is 5.56 Å². The molecule has 0 fully saturated rings. The summed E-state index contributed by atoms with van der Waals surface area (Å²) in [5, 5.41) is 4.59. The normalized spacial score (nSPS) is 10.7. The topological polar surface area (TPSA) is 43.8 Å². The fourth-order valence-electron chi connectivity index (χ4n) is 1.45. The number of halogens is 2. The Morgan fingerprint density at radius 2 is 2.00 bits per heavy atom. The molecule has 3 nitrogen and oxygen atoms in total. The monoisotopic (exact) mass is 239 g/mol. The Bertz CT molecular complexity index is 478. The quantitative estimate of drug-likeness (QED) is 0.892. The lowest BCUT2D eigenvalue weighted by atomic mass is 10.2. The van der Waals surface area contributed by atoms with Crippen LogP contribution < -0.4 is 5.73 Å². The van der Waals surface area contributed by atoms with Crippen molar-refractivity contribution in [3.63, 3.8) is 0 Å². The first-order chi connectivity index (χ1) is 7.72. The summed E-state index contributed by atoms with van der Waals surface area (Å²) in [6, 6.07) is 6.82. The van der Waals surface area contributed by atoms with Gasteiger partial charge in [-0.1, -0.05) is 11.6 Å². The fourth-order valence-corrected chi connectivity index (χ4v) is 1.58. The van der Waals surface area contributed by atoms with Crippen molar-refractivity contribution < 1.29 is 4.39 Å². The molecule has 0 saturated heterocycles. The zero-order valence-electron chi connectivity index (χ0n) is 8.53. The van der Waals surface area contributed by atoms with Gasteiger partial charge in [0, 0.05) is 10.6 Å². The molecule has 0 spiro atoms. The van der Waals surface area contributed by atoms with Crippen molar-refractivity contribution >= 4 is 11.6 Å². The highest BCUT2D eigenvalue weighted by Crippen LogP contribution is 2.16. The van der Waals surface area contributed by atoms with E-state index in [9.17, 15) is 4.39 Å². The van der Waals surface area contributed by atoms with Crippen molar-refractivity contribution in [3.05, 3.63) is 47.0 Å². The first kappa shape index (κ1) is 11.1. The van der Waals surface area contributed by atoms with E-state index < -0.39 is 0 Å². The Kier molecular flexibility index (Phi) is 3.22. The van der Waals surface area contributed by atoms with Gasteiger partial charge in [-0.15, -0.1) is 0 Å². The Balaban J connectivity index is 2.37. The second-order valence-electron chi connectivity index (χ2n) is 3.39. The molecule has 0 aliphatic heterocycles. The van der Waals surface area contributed by atoms with Gasteiger partial charge in [-0.05, 0) is 37.2 Å². The van der Waals surface area contributed by atoms with Crippen LogP contribution in [0.15, 0.2) is 30.5 Å². The Morgan fingerprint density at radius 1 is 1.31 bits per heavy atom. The van der Waals surface area contributed by atoms with Crippen molar-refractivity contribution in [3.8, 4) is 5.69 Å². The van der Waals surface area contributed by atoms with E-state index in [2.05, 4.69) is 5.10 Å². The summed E-state index contributed by atoms with van der Waals surface area (Å²) in [5.74, 6) is -0.368. The molecule has 2 rings (SSSR count). The number of hydrogen-bond acceptors (Lipinski definition) is 2. The maximum absolute atomic E-state index is 13.8. The van der Waals surface area contributed by atoms with Gasteiger partial charge in [0.1, 0.15) is 0 Å². The Hall–Kier alpha value is -1.39. The van der Waals surface area contributed by atoms with Crippen molar-refractivity contribution in [2.24, 2.45) is 5.73 Å². The van der Waals surface area contributed by atoms with E-state index in [0.717, 1.165) is 0 Å². The highest BCUT2D eigenvalue weighted by atomic mass is 35.5. The summed E-state index contributed by atoms with van der Waals surface area (Å²) in [6.45, 7) is 0.406. The average molecular weight is 240 g/mol. The molecule has 0 unspecified atom stereocenters. The smallest absolute Gasteiger partial charge is 0.219 e. The predicted octanol–water partition coefficient (Wildman–Crippen LogP) is 2.17. The van der Waals surface area contributed by atoms with Crippen molar-refractivity contribution in [2.45, 2.75) is 6.42 Å². The summed E-state index contributed by atoms with van der Waals surface area (Å²) < 4.78 is 15.1. The number of rotatable bonds is 3. The molecule has 2 aromatic rings. The molecule has 0 aliphatic rings. The number of hydrogen-bond donors (Lipinski definition) is 1. The van der Waals surface area contributed by atoms with E-state index in [1.165, 1.54) is 10.9 Å². The third kappa shape index (κ3) is 2.08. The van der Waals surface area contributed by atoms with E-state index in [-0.39, 0.29) is 5.95 Å². The molecule has 0 atom stereocenters. The van der Waals surface area contributed by atoms with E-state index in [1.807, 2.05) is 0 Å². The van der Waals surface area contributed by atoms with E-state index in [4.69, 9.17) is 17.3 Å². The average Bonchev–Trinajstić information content (AvgIpc) is 2.63. The molecule has 1 aromatic heterocycles. The molecule has 84 valence electrons. The van der Waals surface area contributed by atoms with Crippen molar-refractivity contribution in [2.75, 3.05) is 6.54 Å². The van der Waals surface area contributed by atoms with Crippen LogP contribution in [0, 0.1) is 5.95 Å². The standard InChI is InChI=1S/C11H11ClFN3/c12-9-1-3-10(4-2-9)16-11(13)8(5-6-14)7-15-16/h1-4,7H,5-6,14H2. The van der Waals surface area contributed by atoms with Crippen LogP contribution in [0.5, 0.6) is 0 Å². The molecule has 0 radical (unpaired) electrons. The summed E-state index contributed by atoms with van der Waals surface area (Å²) in [6.07, 6.45) is 1.98. The third-order valence-electron chi connectivity index (χ3n) is 2.26. The molecular formula is C11H11ClFN3. The molecule has 16 heavy (non-hydrogen) atoms. The Morgan fingerprint density at radius 3 is 2.62 bits per heavy atom. The summed E-state index contributed by atoms with van der Waals surface area (Å²) in [7, 11) is 0. The molecular weight excluding hydrogens is 229 g/mol. The molecule has 0 amide bonds. The van der Waals surface area contributed by atoms with Gasteiger partial charge in [0.15, 0.2) is 0 Å².